The quantitative estimate of drug-likeness (QED) is 0.877. The molecule has 1 aromatic heterocycles. The minimum Gasteiger partial charge on any atom is -0.486 e. The first-order valence-corrected chi connectivity index (χ1v) is 8.95. The molecule has 25 heavy (non-hydrogen) atoms. The maximum atomic E-state index is 12.4. The molecule has 0 unspecified atom stereocenters. The molecule has 0 radical (unpaired) electrons. The number of fused-ring (bicyclic) bond motifs is 1. The second kappa shape index (κ2) is 6.07. The second-order valence-corrected chi connectivity index (χ2v) is 7.30. The van der Waals surface area contributed by atoms with Crippen molar-refractivity contribution >= 4 is 23.2 Å². The number of carbonyl (C=O) groups is 2. The first-order chi connectivity index (χ1) is 12.1. The molecule has 1 aliphatic carbocycles. The molecule has 4 rings (SSSR count). The Morgan fingerprint density at radius 2 is 1.84 bits per heavy atom. The molecule has 1 fully saturated rings. The highest BCUT2D eigenvalue weighted by Crippen LogP contribution is 2.37. The van der Waals surface area contributed by atoms with E-state index in [9.17, 15) is 14.7 Å². The SMILES string of the molecule is O=C(NC1(C(=O)O)CCC1)c1ccc(-c2ccc3c(c2)OCCO3)s1. The number of hydrogen-bond donors (Lipinski definition) is 2. The summed E-state index contributed by atoms with van der Waals surface area (Å²) in [6.07, 6.45) is 1.78. The average Bonchev–Trinajstić information content (AvgIpc) is 3.07. The van der Waals surface area contributed by atoms with Crippen LogP contribution in [0.1, 0.15) is 28.9 Å². The Kier molecular flexibility index (Phi) is 3.88. The zero-order chi connectivity index (χ0) is 17.4. The van der Waals surface area contributed by atoms with Crippen molar-refractivity contribution in [2.75, 3.05) is 13.2 Å². The van der Waals surface area contributed by atoms with Gasteiger partial charge in [-0.2, -0.15) is 0 Å². The minimum atomic E-state index is -1.10. The Balaban J connectivity index is 1.54. The fraction of sp³-hybridized carbons (Fsp3) is 0.333. The summed E-state index contributed by atoms with van der Waals surface area (Å²) >= 11 is 1.33. The molecule has 0 bridgehead atoms. The summed E-state index contributed by atoms with van der Waals surface area (Å²) in [5, 5.41) is 12.0. The Bertz CT molecular complexity index is 840. The van der Waals surface area contributed by atoms with Crippen molar-refractivity contribution in [2.24, 2.45) is 0 Å². The van der Waals surface area contributed by atoms with Gasteiger partial charge in [-0.25, -0.2) is 4.79 Å². The smallest absolute Gasteiger partial charge is 0.329 e. The van der Waals surface area contributed by atoms with Crippen LogP contribution in [-0.4, -0.2) is 35.7 Å². The molecule has 1 amide bonds. The van der Waals surface area contributed by atoms with Crippen LogP contribution in [0.3, 0.4) is 0 Å². The van der Waals surface area contributed by atoms with E-state index < -0.39 is 11.5 Å². The number of aliphatic carboxylic acids is 1. The van der Waals surface area contributed by atoms with Crippen LogP contribution >= 0.6 is 11.3 Å². The highest BCUT2D eigenvalue weighted by molar-refractivity contribution is 7.17. The largest absolute Gasteiger partial charge is 0.486 e. The van der Waals surface area contributed by atoms with Crippen molar-refractivity contribution in [3.05, 3.63) is 35.2 Å². The van der Waals surface area contributed by atoms with Crippen molar-refractivity contribution in [1.29, 1.82) is 0 Å². The molecule has 2 N–H and O–H groups in total. The van der Waals surface area contributed by atoms with E-state index in [0.29, 0.717) is 36.7 Å². The first kappa shape index (κ1) is 16.0. The van der Waals surface area contributed by atoms with Gasteiger partial charge in [0.15, 0.2) is 11.5 Å². The molecule has 0 saturated heterocycles. The van der Waals surface area contributed by atoms with Gasteiger partial charge < -0.3 is 19.9 Å². The zero-order valence-corrected chi connectivity index (χ0v) is 14.2. The number of rotatable bonds is 4. The van der Waals surface area contributed by atoms with Gasteiger partial charge in [-0.3, -0.25) is 4.79 Å². The standard InChI is InChI=1S/C18H17NO5S/c20-16(19-18(17(21)22)6-1-7-18)15-5-4-14(25-15)11-2-3-12-13(10-11)24-9-8-23-12/h2-5,10H,1,6-9H2,(H,19,20)(H,21,22). The van der Waals surface area contributed by atoms with Crippen molar-refractivity contribution < 1.29 is 24.2 Å². The van der Waals surface area contributed by atoms with Gasteiger partial charge in [0.2, 0.25) is 0 Å². The third kappa shape index (κ3) is 2.84. The number of ether oxygens (including phenoxy) is 2. The van der Waals surface area contributed by atoms with Crippen LogP contribution in [0.5, 0.6) is 11.5 Å². The summed E-state index contributed by atoms with van der Waals surface area (Å²) in [5.41, 5.74) is -0.164. The number of carboxylic acid groups (broad SMARTS) is 1. The average molecular weight is 359 g/mol. The summed E-state index contributed by atoms with van der Waals surface area (Å²) in [5.74, 6) is 0.118. The lowest BCUT2D eigenvalue weighted by Crippen LogP contribution is -2.59. The van der Waals surface area contributed by atoms with E-state index in [2.05, 4.69) is 5.32 Å². The summed E-state index contributed by atoms with van der Waals surface area (Å²) in [6, 6.07) is 9.26. The van der Waals surface area contributed by atoms with E-state index in [-0.39, 0.29) is 5.91 Å². The van der Waals surface area contributed by atoms with Crippen LogP contribution in [0.25, 0.3) is 10.4 Å². The third-order valence-corrected chi connectivity index (χ3v) is 5.76. The Morgan fingerprint density at radius 3 is 2.52 bits per heavy atom. The van der Waals surface area contributed by atoms with E-state index in [4.69, 9.17) is 9.47 Å². The number of amides is 1. The lowest BCUT2D eigenvalue weighted by molar-refractivity contribution is -0.148. The van der Waals surface area contributed by atoms with Crippen LogP contribution in [0, 0.1) is 0 Å². The van der Waals surface area contributed by atoms with E-state index in [0.717, 1.165) is 22.6 Å². The van der Waals surface area contributed by atoms with Gasteiger partial charge in [-0.15, -0.1) is 11.3 Å². The Labute approximate surface area is 148 Å². The van der Waals surface area contributed by atoms with Crippen LogP contribution in [0.4, 0.5) is 0 Å². The van der Waals surface area contributed by atoms with Gasteiger partial charge in [0.1, 0.15) is 18.8 Å². The fourth-order valence-corrected chi connectivity index (χ4v) is 3.91. The maximum absolute atomic E-state index is 12.4. The third-order valence-electron chi connectivity index (χ3n) is 4.63. The van der Waals surface area contributed by atoms with Gasteiger partial charge >= 0.3 is 5.97 Å². The molecule has 0 spiro atoms. The summed E-state index contributed by atoms with van der Waals surface area (Å²) in [7, 11) is 0. The van der Waals surface area contributed by atoms with Crippen LogP contribution in [0.2, 0.25) is 0 Å². The number of carboxylic acids is 1. The van der Waals surface area contributed by atoms with E-state index in [1.165, 1.54) is 11.3 Å². The topological polar surface area (TPSA) is 84.9 Å². The predicted molar refractivity (Wildman–Crippen MR) is 92.4 cm³/mol. The highest BCUT2D eigenvalue weighted by Gasteiger charge is 2.45. The van der Waals surface area contributed by atoms with Crippen molar-refractivity contribution in [3.8, 4) is 21.9 Å². The molecule has 0 atom stereocenters. The predicted octanol–water partition coefficient (Wildman–Crippen LogP) is 2.92. The molecular formula is C18H17NO5S. The van der Waals surface area contributed by atoms with E-state index in [1.54, 1.807) is 6.07 Å². The minimum absolute atomic E-state index is 0.337. The normalized spacial score (nSPS) is 17.4. The van der Waals surface area contributed by atoms with Gasteiger partial charge in [0.25, 0.3) is 5.91 Å². The lowest BCUT2D eigenvalue weighted by atomic mass is 9.77. The fourth-order valence-electron chi connectivity index (χ4n) is 3.01. The summed E-state index contributed by atoms with van der Waals surface area (Å²) in [4.78, 5) is 25.2. The van der Waals surface area contributed by atoms with Gasteiger partial charge in [0, 0.05) is 4.88 Å². The number of hydrogen-bond acceptors (Lipinski definition) is 5. The molecule has 2 heterocycles. The first-order valence-electron chi connectivity index (χ1n) is 8.13. The molecule has 1 saturated carbocycles. The van der Waals surface area contributed by atoms with Crippen LogP contribution in [-0.2, 0) is 4.79 Å². The number of nitrogens with one attached hydrogen (secondary N) is 1. The number of thiophene rings is 1. The Morgan fingerprint density at radius 1 is 1.08 bits per heavy atom. The highest BCUT2D eigenvalue weighted by atomic mass is 32.1. The van der Waals surface area contributed by atoms with Crippen molar-refractivity contribution in [1.82, 2.24) is 5.32 Å². The maximum Gasteiger partial charge on any atom is 0.329 e. The number of benzene rings is 1. The van der Waals surface area contributed by atoms with E-state index >= 15 is 0 Å². The second-order valence-electron chi connectivity index (χ2n) is 6.22. The molecule has 2 aliphatic rings. The van der Waals surface area contributed by atoms with Gasteiger partial charge in [-0.05, 0) is 55.2 Å². The van der Waals surface area contributed by atoms with Gasteiger partial charge in [0.05, 0.1) is 4.88 Å². The molecule has 6 nitrogen and oxygen atoms in total. The zero-order valence-electron chi connectivity index (χ0n) is 13.4. The van der Waals surface area contributed by atoms with Crippen molar-refractivity contribution in [2.45, 2.75) is 24.8 Å². The summed E-state index contributed by atoms with van der Waals surface area (Å²) < 4.78 is 11.1. The van der Waals surface area contributed by atoms with Crippen molar-refractivity contribution in [3.63, 3.8) is 0 Å². The monoisotopic (exact) mass is 359 g/mol. The summed E-state index contributed by atoms with van der Waals surface area (Å²) in [6.45, 7) is 1.06. The van der Waals surface area contributed by atoms with Crippen LogP contribution in [0.15, 0.2) is 30.3 Å². The molecular weight excluding hydrogens is 342 g/mol. The molecule has 130 valence electrons. The Hall–Kier alpha value is -2.54. The lowest BCUT2D eigenvalue weighted by Gasteiger charge is -2.38. The van der Waals surface area contributed by atoms with Crippen LogP contribution < -0.4 is 14.8 Å². The molecule has 1 aliphatic heterocycles. The van der Waals surface area contributed by atoms with E-state index in [1.807, 2.05) is 24.3 Å². The number of carbonyl (C=O) groups excluding carboxylic acids is 1. The molecule has 2 aromatic rings. The molecule has 7 heteroatoms. The van der Waals surface area contributed by atoms with Gasteiger partial charge in [-0.1, -0.05) is 0 Å². The molecule has 1 aromatic carbocycles.